The van der Waals surface area contributed by atoms with E-state index in [1.165, 1.54) is 55.9 Å². The Kier molecular flexibility index (Phi) is 8.52. The van der Waals surface area contributed by atoms with E-state index in [0.717, 1.165) is 0 Å². The van der Waals surface area contributed by atoms with Gasteiger partial charge in [0.15, 0.2) is 12.1 Å². The van der Waals surface area contributed by atoms with Crippen molar-refractivity contribution in [3.05, 3.63) is 129 Å². The molecule has 0 N–H and O–H groups in total. The van der Waals surface area contributed by atoms with Gasteiger partial charge in [-0.15, -0.1) is 0 Å². The van der Waals surface area contributed by atoms with E-state index in [1.54, 1.807) is 0 Å². The molecule has 0 fully saturated rings. The predicted octanol–water partition coefficient (Wildman–Crippen LogP) is 9.51. The molecule has 0 saturated heterocycles. The highest BCUT2D eigenvalue weighted by Crippen LogP contribution is 2.47. The van der Waals surface area contributed by atoms with Gasteiger partial charge in [0.2, 0.25) is 6.34 Å². The van der Waals surface area contributed by atoms with Crippen molar-refractivity contribution in [3.63, 3.8) is 0 Å². The monoisotopic (exact) mass is 546 g/mol. The highest BCUT2D eigenvalue weighted by atomic mass is 19.5. The molecule has 0 radical (unpaired) electrons. The number of rotatable bonds is 4. The molecule has 0 bridgehead atoms. The zero-order valence-corrected chi connectivity index (χ0v) is 23.8. The SMILES string of the molecule is Cc1cc(C)c(N2C=[N+](c3c(C)cc(C)cc3C)[C@H](c3ccccc3)[C@H]2c2ccccc2)c(C)c1.F[B-](F)(F)F. The maximum Gasteiger partial charge on any atom is 0.673 e. The van der Waals surface area contributed by atoms with Crippen LogP contribution in [0.1, 0.15) is 56.6 Å². The van der Waals surface area contributed by atoms with E-state index >= 15 is 0 Å². The van der Waals surface area contributed by atoms with E-state index in [4.69, 9.17) is 0 Å². The molecule has 1 aliphatic rings. The molecule has 0 aromatic heterocycles. The number of aryl methyl sites for hydroxylation is 6. The van der Waals surface area contributed by atoms with Gasteiger partial charge in [-0.3, -0.25) is 0 Å². The maximum atomic E-state index is 9.75. The standard InChI is InChI=1S/C33H35N2.BF4/c1-22-17-24(3)30(25(4)18-22)34-21-35(31-26(5)19-23(2)20-27(31)6)33(29-15-11-8-12-16-29)32(34)28-13-9-7-10-14-28;2-1(3,4)5/h7-21,32-33H,1-6H3;/q+1;-1/t32-,33-;/m1./s1. The largest absolute Gasteiger partial charge is 0.673 e. The fourth-order valence-corrected chi connectivity index (χ4v) is 6.12. The third-order valence-electron chi connectivity index (χ3n) is 7.22. The van der Waals surface area contributed by atoms with E-state index in [1.807, 2.05) is 0 Å². The molecule has 0 amide bonds. The van der Waals surface area contributed by atoms with E-state index in [9.17, 15) is 17.3 Å². The van der Waals surface area contributed by atoms with Crippen LogP contribution in [0.4, 0.5) is 28.6 Å². The normalized spacial score (nSPS) is 16.9. The van der Waals surface area contributed by atoms with Crippen molar-refractivity contribution in [1.29, 1.82) is 0 Å². The molecule has 40 heavy (non-hydrogen) atoms. The van der Waals surface area contributed by atoms with Crippen LogP contribution in [-0.2, 0) is 0 Å². The highest BCUT2D eigenvalue weighted by Gasteiger charge is 2.47. The summed E-state index contributed by atoms with van der Waals surface area (Å²) in [6, 6.07) is 31.5. The summed E-state index contributed by atoms with van der Waals surface area (Å²) in [5.41, 5.74) is 13.1. The molecule has 1 heterocycles. The second kappa shape index (κ2) is 11.7. The summed E-state index contributed by atoms with van der Waals surface area (Å²) >= 11 is 0. The van der Waals surface area contributed by atoms with Gasteiger partial charge in [-0.25, -0.2) is 9.48 Å². The Morgan fingerprint density at radius 2 is 1.00 bits per heavy atom. The van der Waals surface area contributed by atoms with Gasteiger partial charge in [0, 0.05) is 11.1 Å². The second-order valence-corrected chi connectivity index (χ2v) is 10.6. The van der Waals surface area contributed by atoms with Crippen LogP contribution in [0, 0.1) is 41.5 Å². The van der Waals surface area contributed by atoms with Gasteiger partial charge in [0.25, 0.3) is 0 Å². The van der Waals surface area contributed by atoms with E-state index in [-0.39, 0.29) is 12.1 Å². The Hall–Kier alpha value is -3.87. The lowest BCUT2D eigenvalue weighted by Crippen LogP contribution is -2.27. The summed E-state index contributed by atoms with van der Waals surface area (Å²) < 4.78 is 41.5. The minimum Gasteiger partial charge on any atom is -0.418 e. The number of nitrogens with zero attached hydrogens (tertiary/aromatic N) is 2. The Balaban J connectivity index is 0.000000681. The first-order valence-electron chi connectivity index (χ1n) is 13.4. The van der Waals surface area contributed by atoms with Crippen LogP contribution in [0.3, 0.4) is 0 Å². The lowest BCUT2D eigenvalue weighted by Gasteiger charge is -2.26. The minimum atomic E-state index is -6.00. The molecule has 0 spiro atoms. The second-order valence-electron chi connectivity index (χ2n) is 10.6. The number of hydrogen-bond donors (Lipinski definition) is 0. The molecule has 2 atom stereocenters. The van der Waals surface area contributed by atoms with Crippen molar-refractivity contribution in [1.82, 2.24) is 0 Å². The smallest absolute Gasteiger partial charge is 0.418 e. The molecule has 5 rings (SSSR count). The summed E-state index contributed by atoms with van der Waals surface area (Å²) in [5, 5.41) is 0. The highest BCUT2D eigenvalue weighted by molar-refractivity contribution is 6.50. The van der Waals surface area contributed by atoms with Crippen LogP contribution >= 0.6 is 0 Å². The molecule has 208 valence electrons. The van der Waals surface area contributed by atoms with E-state index in [2.05, 4.69) is 142 Å². The van der Waals surface area contributed by atoms with Gasteiger partial charge in [0.1, 0.15) is 11.4 Å². The van der Waals surface area contributed by atoms with Crippen LogP contribution < -0.4 is 4.90 Å². The molecule has 4 aromatic carbocycles. The fraction of sp³-hybridized carbons (Fsp3) is 0.242. The van der Waals surface area contributed by atoms with E-state index in [0.29, 0.717) is 0 Å². The molecule has 1 aliphatic heterocycles. The van der Waals surface area contributed by atoms with Crippen LogP contribution in [0.2, 0.25) is 0 Å². The zero-order chi connectivity index (χ0) is 29.2. The van der Waals surface area contributed by atoms with Gasteiger partial charge in [-0.2, -0.15) is 0 Å². The number of anilines is 1. The molecular formula is C33H35BF4N2. The third-order valence-corrected chi connectivity index (χ3v) is 7.22. The summed E-state index contributed by atoms with van der Waals surface area (Å²) in [4.78, 5) is 2.52. The minimum absolute atomic E-state index is 0.138. The lowest BCUT2D eigenvalue weighted by atomic mass is 9.91. The topological polar surface area (TPSA) is 6.25 Å². The van der Waals surface area contributed by atoms with E-state index < -0.39 is 7.25 Å². The molecular weight excluding hydrogens is 511 g/mol. The molecule has 0 saturated carbocycles. The average molecular weight is 546 g/mol. The number of hydrogen-bond acceptors (Lipinski definition) is 1. The van der Waals surface area contributed by atoms with Crippen molar-refractivity contribution in [2.75, 3.05) is 4.90 Å². The lowest BCUT2D eigenvalue weighted by molar-refractivity contribution is -0.482. The van der Waals surface area contributed by atoms with Gasteiger partial charge >= 0.3 is 7.25 Å². The molecule has 0 aliphatic carbocycles. The van der Waals surface area contributed by atoms with Crippen LogP contribution in [0.5, 0.6) is 0 Å². The van der Waals surface area contributed by atoms with Crippen LogP contribution in [0.25, 0.3) is 0 Å². The summed E-state index contributed by atoms with van der Waals surface area (Å²) in [5.74, 6) is 0. The van der Waals surface area contributed by atoms with Crippen molar-refractivity contribution in [3.8, 4) is 0 Å². The predicted molar refractivity (Wildman–Crippen MR) is 158 cm³/mol. The maximum absolute atomic E-state index is 9.75. The van der Waals surface area contributed by atoms with Crippen molar-refractivity contribution in [2.45, 2.75) is 53.6 Å². The molecule has 7 heteroatoms. The summed E-state index contributed by atoms with van der Waals surface area (Å²) in [6.07, 6.45) is 2.37. The van der Waals surface area contributed by atoms with Gasteiger partial charge in [0.05, 0.1) is 0 Å². The summed E-state index contributed by atoms with van der Waals surface area (Å²) in [7, 11) is -6.00. The van der Waals surface area contributed by atoms with Crippen molar-refractivity contribution < 1.29 is 21.8 Å². The first-order valence-corrected chi connectivity index (χ1v) is 13.4. The van der Waals surface area contributed by atoms with Crippen molar-refractivity contribution >= 4 is 25.0 Å². The van der Waals surface area contributed by atoms with Crippen LogP contribution in [-0.4, -0.2) is 18.2 Å². The van der Waals surface area contributed by atoms with Crippen LogP contribution in [0.15, 0.2) is 84.9 Å². The number of halogens is 4. The van der Waals surface area contributed by atoms with Gasteiger partial charge in [-0.1, -0.05) is 96.1 Å². The Bertz CT molecular complexity index is 1460. The van der Waals surface area contributed by atoms with Gasteiger partial charge < -0.3 is 17.3 Å². The Morgan fingerprint density at radius 3 is 1.45 bits per heavy atom. The fourth-order valence-electron chi connectivity index (χ4n) is 6.12. The molecule has 4 aromatic rings. The quantitative estimate of drug-likeness (QED) is 0.140. The summed E-state index contributed by atoms with van der Waals surface area (Å²) in [6.45, 7) is 13.3. The van der Waals surface area contributed by atoms with Gasteiger partial charge in [-0.05, 0) is 63.8 Å². The first kappa shape index (κ1) is 29.1. The molecule has 0 unspecified atom stereocenters. The third kappa shape index (κ3) is 6.47. The zero-order valence-electron chi connectivity index (χ0n) is 23.8. The molecule has 2 nitrogen and oxygen atoms in total. The number of benzene rings is 4. The Labute approximate surface area is 234 Å². The Morgan fingerprint density at radius 1 is 0.600 bits per heavy atom. The first-order chi connectivity index (χ1) is 18.8. The average Bonchev–Trinajstić information content (AvgIpc) is 3.22. The van der Waals surface area contributed by atoms with Crippen molar-refractivity contribution in [2.24, 2.45) is 0 Å².